The van der Waals surface area contributed by atoms with Crippen molar-refractivity contribution < 1.29 is 9.32 Å². The second kappa shape index (κ2) is 7.43. The van der Waals surface area contributed by atoms with Crippen molar-refractivity contribution >= 4 is 5.91 Å². The van der Waals surface area contributed by atoms with Crippen LogP contribution in [0, 0.1) is 6.92 Å². The summed E-state index contributed by atoms with van der Waals surface area (Å²) in [5.74, 6) is 1.37. The summed E-state index contributed by atoms with van der Waals surface area (Å²) in [7, 11) is 1.74. The number of hydrogen-bond acceptors (Lipinski definition) is 6. The fourth-order valence-corrected chi connectivity index (χ4v) is 2.53. The van der Waals surface area contributed by atoms with Crippen LogP contribution in [0.3, 0.4) is 0 Å². The Morgan fingerprint density at radius 1 is 1.31 bits per heavy atom. The molecule has 0 aliphatic rings. The van der Waals surface area contributed by atoms with Crippen molar-refractivity contribution in [2.45, 2.75) is 33.2 Å². The molecule has 0 unspecified atom stereocenters. The van der Waals surface area contributed by atoms with Crippen molar-refractivity contribution in [1.29, 1.82) is 0 Å². The fourth-order valence-electron chi connectivity index (χ4n) is 2.53. The lowest BCUT2D eigenvalue weighted by Crippen LogP contribution is -2.27. The fraction of sp³-hybridized carbons (Fsp3) is 0.316. The zero-order valence-corrected chi connectivity index (χ0v) is 15.3. The molecule has 0 radical (unpaired) electrons. The molecule has 3 aromatic heterocycles. The average molecular weight is 351 g/mol. The van der Waals surface area contributed by atoms with Crippen molar-refractivity contribution in [3.05, 3.63) is 59.6 Å². The van der Waals surface area contributed by atoms with Crippen LogP contribution >= 0.6 is 0 Å². The number of amides is 1. The van der Waals surface area contributed by atoms with Crippen LogP contribution in [-0.2, 0) is 6.54 Å². The van der Waals surface area contributed by atoms with Crippen LogP contribution in [0.25, 0.3) is 11.3 Å². The minimum Gasteiger partial charge on any atom is -0.356 e. The van der Waals surface area contributed by atoms with Crippen LogP contribution in [0.15, 0.2) is 41.3 Å². The highest BCUT2D eigenvalue weighted by Crippen LogP contribution is 2.25. The van der Waals surface area contributed by atoms with E-state index in [1.54, 1.807) is 42.7 Å². The molecular formula is C19H21N5O2. The van der Waals surface area contributed by atoms with E-state index in [0.717, 1.165) is 22.8 Å². The first-order valence-electron chi connectivity index (χ1n) is 8.40. The maximum atomic E-state index is 12.6. The lowest BCUT2D eigenvalue weighted by Gasteiger charge is -2.18. The summed E-state index contributed by atoms with van der Waals surface area (Å²) in [4.78, 5) is 27.3. The Labute approximate surface area is 152 Å². The zero-order valence-electron chi connectivity index (χ0n) is 15.3. The number of nitrogens with zero attached hydrogens (tertiary/aromatic N) is 5. The van der Waals surface area contributed by atoms with Crippen molar-refractivity contribution in [2.75, 3.05) is 7.05 Å². The molecule has 0 N–H and O–H groups in total. The van der Waals surface area contributed by atoms with Crippen LogP contribution in [-0.4, -0.2) is 38.0 Å². The summed E-state index contributed by atoms with van der Waals surface area (Å²) < 4.78 is 5.37. The van der Waals surface area contributed by atoms with Crippen LogP contribution < -0.4 is 0 Å². The summed E-state index contributed by atoms with van der Waals surface area (Å²) in [6, 6.07) is 5.32. The van der Waals surface area contributed by atoms with E-state index < -0.39 is 0 Å². The Hall–Kier alpha value is -3.09. The predicted molar refractivity (Wildman–Crippen MR) is 96.4 cm³/mol. The first-order valence-corrected chi connectivity index (χ1v) is 8.40. The lowest BCUT2D eigenvalue weighted by molar-refractivity contribution is 0.0783. The van der Waals surface area contributed by atoms with Crippen LogP contribution in [0.1, 0.15) is 47.3 Å². The van der Waals surface area contributed by atoms with Gasteiger partial charge in [0.15, 0.2) is 5.76 Å². The third kappa shape index (κ3) is 3.77. The van der Waals surface area contributed by atoms with Gasteiger partial charge >= 0.3 is 0 Å². The van der Waals surface area contributed by atoms with E-state index in [9.17, 15) is 4.79 Å². The topological polar surface area (TPSA) is 85.0 Å². The molecule has 0 aromatic carbocycles. The van der Waals surface area contributed by atoms with Gasteiger partial charge in [-0.1, -0.05) is 19.0 Å². The van der Waals surface area contributed by atoms with Crippen molar-refractivity contribution in [2.24, 2.45) is 0 Å². The van der Waals surface area contributed by atoms with Gasteiger partial charge in [0.25, 0.3) is 5.91 Å². The summed E-state index contributed by atoms with van der Waals surface area (Å²) in [5.41, 5.74) is 2.77. The van der Waals surface area contributed by atoms with E-state index in [0.29, 0.717) is 17.9 Å². The normalized spacial score (nSPS) is 11.0. The first-order chi connectivity index (χ1) is 12.5. The largest absolute Gasteiger partial charge is 0.356 e. The van der Waals surface area contributed by atoms with Gasteiger partial charge < -0.3 is 9.42 Å². The maximum absolute atomic E-state index is 12.6. The minimum atomic E-state index is -0.123. The van der Waals surface area contributed by atoms with E-state index in [1.807, 2.05) is 26.8 Å². The third-order valence-corrected chi connectivity index (χ3v) is 3.94. The second-order valence-electron chi connectivity index (χ2n) is 6.48. The SMILES string of the molecule is Cc1cc(-c2cnc(C(C)C)nc2CN(C)C(=O)c2cccnc2)on1. The molecule has 26 heavy (non-hydrogen) atoms. The Balaban J connectivity index is 1.94. The first kappa shape index (κ1) is 17.7. The molecule has 0 fully saturated rings. The number of pyridine rings is 1. The molecule has 1 amide bonds. The van der Waals surface area contributed by atoms with Crippen molar-refractivity contribution in [3.8, 4) is 11.3 Å². The molecule has 134 valence electrons. The zero-order chi connectivity index (χ0) is 18.7. The number of rotatable bonds is 5. The molecule has 7 nitrogen and oxygen atoms in total. The second-order valence-corrected chi connectivity index (χ2v) is 6.48. The van der Waals surface area contributed by atoms with E-state index in [-0.39, 0.29) is 11.8 Å². The summed E-state index contributed by atoms with van der Waals surface area (Å²) in [5, 5.41) is 3.93. The predicted octanol–water partition coefficient (Wildman–Crippen LogP) is 3.23. The average Bonchev–Trinajstić information content (AvgIpc) is 3.07. The van der Waals surface area contributed by atoms with Gasteiger partial charge in [0, 0.05) is 37.6 Å². The van der Waals surface area contributed by atoms with E-state index in [4.69, 9.17) is 4.52 Å². The highest BCUT2D eigenvalue weighted by molar-refractivity contribution is 5.93. The van der Waals surface area contributed by atoms with Gasteiger partial charge in [-0.05, 0) is 19.1 Å². The summed E-state index contributed by atoms with van der Waals surface area (Å²) in [6.45, 7) is 6.24. The van der Waals surface area contributed by atoms with Gasteiger partial charge in [0.1, 0.15) is 5.82 Å². The molecule has 3 heterocycles. The van der Waals surface area contributed by atoms with E-state index in [2.05, 4.69) is 20.1 Å². The van der Waals surface area contributed by atoms with Crippen LogP contribution in [0.4, 0.5) is 0 Å². The molecule has 0 aliphatic carbocycles. The Bertz CT molecular complexity index is 905. The monoisotopic (exact) mass is 351 g/mol. The molecule has 3 aromatic rings. The summed E-state index contributed by atoms with van der Waals surface area (Å²) in [6.07, 6.45) is 4.93. The van der Waals surface area contributed by atoms with Gasteiger partial charge in [-0.3, -0.25) is 9.78 Å². The number of carbonyl (C=O) groups excluding carboxylic acids is 1. The molecule has 0 atom stereocenters. The molecule has 0 saturated heterocycles. The molecule has 0 spiro atoms. The van der Waals surface area contributed by atoms with Crippen molar-refractivity contribution in [1.82, 2.24) is 25.0 Å². The Kier molecular flexibility index (Phi) is 5.06. The molecule has 3 rings (SSSR count). The molecule has 0 saturated carbocycles. The van der Waals surface area contributed by atoms with Gasteiger partial charge in [-0.15, -0.1) is 0 Å². The van der Waals surface area contributed by atoms with E-state index in [1.165, 1.54) is 0 Å². The third-order valence-electron chi connectivity index (χ3n) is 3.94. The molecule has 7 heteroatoms. The highest BCUT2D eigenvalue weighted by Gasteiger charge is 2.19. The van der Waals surface area contributed by atoms with Gasteiger partial charge in [-0.25, -0.2) is 9.97 Å². The number of aryl methyl sites for hydroxylation is 1. The molecule has 0 aliphatic heterocycles. The Morgan fingerprint density at radius 3 is 2.73 bits per heavy atom. The smallest absolute Gasteiger partial charge is 0.255 e. The maximum Gasteiger partial charge on any atom is 0.255 e. The standard InChI is InChI=1S/C19H21N5O2/c1-12(2)18-21-10-15(17-8-13(3)23-26-17)16(22-18)11-24(4)19(25)14-6-5-7-20-9-14/h5-10,12H,11H2,1-4H3. The minimum absolute atomic E-state index is 0.123. The molecular weight excluding hydrogens is 330 g/mol. The van der Waals surface area contributed by atoms with Gasteiger partial charge in [0.2, 0.25) is 0 Å². The quantitative estimate of drug-likeness (QED) is 0.701. The Morgan fingerprint density at radius 2 is 2.12 bits per heavy atom. The van der Waals surface area contributed by atoms with Crippen LogP contribution in [0.2, 0.25) is 0 Å². The van der Waals surface area contributed by atoms with Gasteiger partial charge in [0.05, 0.1) is 29.1 Å². The number of aromatic nitrogens is 4. The lowest BCUT2D eigenvalue weighted by atomic mass is 10.1. The highest BCUT2D eigenvalue weighted by atomic mass is 16.5. The number of carbonyl (C=O) groups is 1. The van der Waals surface area contributed by atoms with E-state index >= 15 is 0 Å². The summed E-state index contributed by atoms with van der Waals surface area (Å²) >= 11 is 0. The number of hydrogen-bond donors (Lipinski definition) is 0. The van der Waals surface area contributed by atoms with Gasteiger partial charge in [-0.2, -0.15) is 0 Å². The van der Waals surface area contributed by atoms with Crippen molar-refractivity contribution in [3.63, 3.8) is 0 Å². The molecule has 0 bridgehead atoms. The van der Waals surface area contributed by atoms with Crippen LogP contribution in [0.5, 0.6) is 0 Å².